The van der Waals surface area contributed by atoms with E-state index in [0.717, 1.165) is 0 Å². The van der Waals surface area contributed by atoms with Crippen LogP contribution in [0.4, 0.5) is 8.78 Å². The van der Waals surface area contributed by atoms with Crippen molar-refractivity contribution < 1.29 is 18.3 Å². The van der Waals surface area contributed by atoms with E-state index in [9.17, 15) is 8.78 Å². The van der Waals surface area contributed by atoms with Crippen LogP contribution >= 0.6 is 11.6 Å². The van der Waals surface area contributed by atoms with E-state index in [1.165, 1.54) is 0 Å². The Kier molecular flexibility index (Phi) is 1.88. The third kappa shape index (κ3) is 1.50. The highest BCUT2D eigenvalue weighted by atomic mass is 35.5. The van der Waals surface area contributed by atoms with E-state index in [4.69, 9.17) is 11.6 Å². The SMILES string of the molecule is FC1(F)OCCOC1Cl. The Labute approximate surface area is 55.7 Å². The molecule has 1 aliphatic rings. The maximum absolute atomic E-state index is 12.1. The molecule has 0 amide bonds. The molecular weight excluding hydrogens is 153 g/mol. The van der Waals surface area contributed by atoms with Gasteiger partial charge in [-0.25, -0.2) is 0 Å². The van der Waals surface area contributed by atoms with Crippen LogP contribution < -0.4 is 0 Å². The predicted octanol–water partition coefficient (Wildman–Crippen LogP) is 1.19. The Morgan fingerprint density at radius 1 is 1.44 bits per heavy atom. The summed E-state index contributed by atoms with van der Waals surface area (Å²) in [5.74, 6) is 0. The zero-order valence-electron chi connectivity index (χ0n) is 4.44. The Morgan fingerprint density at radius 3 is 2.44 bits per heavy atom. The fraction of sp³-hybridized carbons (Fsp3) is 1.00. The number of halogens is 3. The minimum Gasteiger partial charge on any atom is -0.352 e. The summed E-state index contributed by atoms with van der Waals surface area (Å²) < 4.78 is 32.6. The van der Waals surface area contributed by atoms with Gasteiger partial charge in [0.15, 0.2) is 0 Å². The summed E-state index contributed by atoms with van der Waals surface area (Å²) in [4.78, 5) is 0. The minimum atomic E-state index is -3.32. The fourth-order valence-electron chi connectivity index (χ4n) is 0.492. The molecule has 0 aromatic rings. The van der Waals surface area contributed by atoms with E-state index >= 15 is 0 Å². The van der Waals surface area contributed by atoms with Crippen molar-refractivity contribution in [2.75, 3.05) is 13.2 Å². The molecule has 1 fully saturated rings. The van der Waals surface area contributed by atoms with Gasteiger partial charge in [-0.1, -0.05) is 11.6 Å². The van der Waals surface area contributed by atoms with E-state index < -0.39 is 11.7 Å². The molecule has 5 heteroatoms. The first-order valence-corrected chi connectivity index (χ1v) is 2.84. The fourth-order valence-corrected chi connectivity index (χ4v) is 0.644. The van der Waals surface area contributed by atoms with Crippen molar-refractivity contribution in [2.24, 2.45) is 0 Å². The van der Waals surface area contributed by atoms with E-state index in [1.807, 2.05) is 0 Å². The summed E-state index contributed by atoms with van der Waals surface area (Å²) in [5.41, 5.74) is -1.63. The van der Waals surface area contributed by atoms with Gasteiger partial charge < -0.3 is 9.47 Å². The monoisotopic (exact) mass is 158 g/mol. The molecule has 0 N–H and O–H groups in total. The van der Waals surface area contributed by atoms with Crippen LogP contribution in [0.15, 0.2) is 0 Å². The highest BCUT2D eigenvalue weighted by Gasteiger charge is 2.43. The molecule has 1 saturated heterocycles. The van der Waals surface area contributed by atoms with Crippen molar-refractivity contribution >= 4 is 11.6 Å². The smallest absolute Gasteiger partial charge is 0.352 e. The molecule has 1 unspecified atom stereocenters. The first-order valence-electron chi connectivity index (χ1n) is 2.40. The van der Waals surface area contributed by atoms with Crippen LogP contribution in [0.2, 0.25) is 0 Å². The molecule has 0 aromatic carbocycles. The third-order valence-corrected chi connectivity index (χ3v) is 1.29. The molecule has 0 radical (unpaired) electrons. The van der Waals surface area contributed by atoms with Crippen molar-refractivity contribution in [3.05, 3.63) is 0 Å². The summed E-state index contributed by atoms with van der Waals surface area (Å²) in [6.45, 7) is 0.0278. The van der Waals surface area contributed by atoms with Gasteiger partial charge in [0, 0.05) is 0 Å². The van der Waals surface area contributed by atoms with Crippen LogP contribution in [0.1, 0.15) is 0 Å². The van der Waals surface area contributed by atoms with Gasteiger partial charge in [0.1, 0.15) is 0 Å². The van der Waals surface area contributed by atoms with Crippen molar-refractivity contribution in [3.8, 4) is 0 Å². The topological polar surface area (TPSA) is 18.5 Å². The van der Waals surface area contributed by atoms with E-state index in [0.29, 0.717) is 0 Å². The van der Waals surface area contributed by atoms with Crippen LogP contribution in [0, 0.1) is 0 Å². The van der Waals surface area contributed by atoms with Crippen molar-refractivity contribution in [1.82, 2.24) is 0 Å². The molecular formula is C4H5ClF2O2. The number of rotatable bonds is 0. The second kappa shape index (κ2) is 2.36. The van der Waals surface area contributed by atoms with Crippen molar-refractivity contribution in [3.63, 3.8) is 0 Å². The highest BCUT2D eigenvalue weighted by Crippen LogP contribution is 2.28. The van der Waals surface area contributed by atoms with Crippen LogP contribution in [0.5, 0.6) is 0 Å². The summed E-state index contributed by atoms with van der Waals surface area (Å²) in [6.07, 6.45) is -3.32. The summed E-state index contributed by atoms with van der Waals surface area (Å²) in [5, 5.41) is 0. The van der Waals surface area contributed by atoms with E-state index in [-0.39, 0.29) is 13.2 Å². The average molecular weight is 159 g/mol. The van der Waals surface area contributed by atoms with Crippen LogP contribution in [-0.2, 0) is 9.47 Å². The molecule has 1 aliphatic heterocycles. The summed E-state index contributed by atoms with van der Waals surface area (Å²) in [7, 11) is 0. The maximum atomic E-state index is 12.1. The quantitative estimate of drug-likeness (QED) is 0.493. The Bertz CT molecular complexity index is 109. The normalized spacial score (nSPS) is 34.3. The van der Waals surface area contributed by atoms with Crippen LogP contribution in [-0.4, -0.2) is 24.9 Å². The molecule has 0 aliphatic carbocycles. The minimum absolute atomic E-state index is 0.101. The molecule has 0 bridgehead atoms. The Morgan fingerprint density at radius 2 is 2.11 bits per heavy atom. The Hall–Kier alpha value is 0.0700. The van der Waals surface area contributed by atoms with Gasteiger partial charge in [-0.3, -0.25) is 0 Å². The molecule has 0 saturated carbocycles. The first kappa shape index (κ1) is 7.18. The summed E-state index contributed by atoms with van der Waals surface area (Å²) in [6, 6.07) is 0. The van der Waals surface area contributed by atoms with Gasteiger partial charge in [0.05, 0.1) is 13.2 Å². The number of alkyl halides is 3. The highest BCUT2D eigenvalue weighted by molar-refractivity contribution is 6.20. The van der Waals surface area contributed by atoms with Crippen molar-refractivity contribution in [1.29, 1.82) is 0 Å². The molecule has 0 aromatic heterocycles. The predicted molar refractivity (Wildman–Crippen MR) is 26.5 cm³/mol. The number of hydrogen-bond donors (Lipinski definition) is 0. The molecule has 2 nitrogen and oxygen atoms in total. The molecule has 54 valence electrons. The third-order valence-electron chi connectivity index (χ3n) is 0.906. The molecule has 1 heterocycles. The lowest BCUT2D eigenvalue weighted by atomic mass is 10.6. The molecule has 0 spiro atoms. The van der Waals surface area contributed by atoms with Crippen LogP contribution in [0.3, 0.4) is 0 Å². The largest absolute Gasteiger partial charge is 0.395 e. The zero-order chi connectivity index (χ0) is 6.91. The van der Waals surface area contributed by atoms with Gasteiger partial charge in [0.25, 0.3) is 0 Å². The van der Waals surface area contributed by atoms with Gasteiger partial charge in [0.2, 0.25) is 5.56 Å². The number of hydrogen-bond acceptors (Lipinski definition) is 2. The molecule has 1 rings (SSSR count). The lowest BCUT2D eigenvalue weighted by Crippen LogP contribution is -2.40. The standard InChI is InChI=1S/C4H5ClF2O2/c5-3-4(6,7)9-2-1-8-3/h3H,1-2H2. The Balaban J connectivity index is 2.49. The van der Waals surface area contributed by atoms with Gasteiger partial charge in [-0.15, -0.1) is 0 Å². The van der Waals surface area contributed by atoms with Crippen molar-refractivity contribution in [2.45, 2.75) is 11.7 Å². The maximum Gasteiger partial charge on any atom is 0.395 e. The van der Waals surface area contributed by atoms with Gasteiger partial charge in [-0.2, -0.15) is 8.78 Å². The first-order chi connectivity index (χ1) is 4.13. The summed E-state index contributed by atoms with van der Waals surface area (Å²) >= 11 is 5.01. The van der Waals surface area contributed by atoms with Gasteiger partial charge >= 0.3 is 6.11 Å². The van der Waals surface area contributed by atoms with E-state index in [1.54, 1.807) is 0 Å². The van der Waals surface area contributed by atoms with Gasteiger partial charge in [-0.05, 0) is 0 Å². The lowest BCUT2D eigenvalue weighted by molar-refractivity contribution is -0.311. The van der Waals surface area contributed by atoms with E-state index in [2.05, 4.69) is 9.47 Å². The van der Waals surface area contributed by atoms with Crippen LogP contribution in [0.25, 0.3) is 0 Å². The average Bonchev–Trinajstić information content (AvgIpc) is 1.77. The second-order valence-corrected chi connectivity index (χ2v) is 1.99. The molecule has 1 atom stereocenters. The zero-order valence-corrected chi connectivity index (χ0v) is 5.20. The molecule has 9 heavy (non-hydrogen) atoms. The second-order valence-electron chi connectivity index (χ2n) is 1.60. The number of ether oxygens (including phenoxy) is 2. The lowest BCUT2D eigenvalue weighted by Gasteiger charge is -2.26.